The quantitative estimate of drug-likeness (QED) is 0.700. The number of fused-ring (bicyclic) bond motifs is 1. The van der Waals surface area contributed by atoms with Crippen LogP contribution in [0, 0.1) is 0 Å². The van der Waals surface area contributed by atoms with Gasteiger partial charge in [0, 0.05) is 23.5 Å². The molecule has 0 radical (unpaired) electrons. The number of ether oxygens (including phenoxy) is 2. The number of carbonyl (C=O) groups is 1. The van der Waals surface area contributed by atoms with Gasteiger partial charge in [0.2, 0.25) is 5.91 Å². The molecule has 2 aromatic carbocycles. The summed E-state index contributed by atoms with van der Waals surface area (Å²) in [5.41, 5.74) is 1.50. The maximum absolute atomic E-state index is 13.3. The lowest BCUT2D eigenvalue weighted by Gasteiger charge is -2.21. The van der Waals surface area contributed by atoms with E-state index in [9.17, 15) is 13.2 Å². The van der Waals surface area contributed by atoms with E-state index in [4.69, 9.17) is 9.47 Å². The summed E-state index contributed by atoms with van der Waals surface area (Å²) in [6, 6.07) is 8.20. The van der Waals surface area contributed by atoms with E-state index in [2.05, 4.69) is 20.7 Å². The van der Waals surface area contributed by atoms with Crippen molar-refractivity contribution in [2.24, 2.45) is 0 Å². The zero-order valence-electron chi connectivity index (χ0n) is 15.8. The Hall–Kier alpha value is -2.26. The molecule has 1 aliphatic heterocycles. The Balaban J connectivity index is 2.10. The Morgan fingerprint density at radius 3 is 2.61 bits per heavy atom. The summed E-state index contributed by atoms with van der Waals surface area (Å²) >= 11 is 3.38. The fourth-order valence-corrected chi connectivity index (χ4v) is 5.20. The maximum atomic E-state index is 13.3. The van der Waals surface area contributed by atoms with Gasteiger partial charge < -0.3 is 14.4 Å². The van der Waals surface area contributed by atoms with Crippen LogP contribution in [0.4, 0.5) is 11.4 Å². The smallest absolute Gasteiger partial charge is 0.264 e. The number of halogens is 1. The van der Waals surface area contributed by atoms with Crippen molar-refractivity contribution >= 4 is 43.2 Å². The Kier molecular flexibility index (Phi) is 5.85. The van der Waals surface area contributed by atoms with Crippen LogP contribution in [-0.2, 0) is 21.2 Å². The molecule has 1 amide bonds. The summed E-state index contributed by atoms with van der Waals surface area (Å²) < 4.78 is 40.2. The number of benzene rings is 2. The van der Waals surface area contributed by atoms with Gasteiger partial charge >= 0.3 is 0 Å². The molecule has 0 fully saturated rings. The number of hydrogen-bond donors (Lipinski definition) is 1. The van der Waals surface area contributed by atoms with E-state index in [1.54, 1.807) is 30.0 Å². The molecule has 0 saturated heterocycles. The van der Waals surface area contributed by atoms with E-state index in [1.807, 2.05) is 6.07 Å². The van der Waals surface area contributed by atoms with E-state index in [-0.39, 0.29) is 16.5 Å². The highest BCUT2D eigenvalue weighted by Gasteiger charge is 2.32. The predicted molar refractivity (Wildman–Crippen MR) is 111 cm³/mol. The molecule has 0 spiro atoms. The molecule has 2 aromatic rings. The third-order valence-corrected chi connectivity index (χ3v) is 6.37. The van der Waals surface area contributed by atoms with Crippen molar-refractivity contribution in [3.8, 4) is 11.5 Å². The number of hydrogen-bond acceptors (Lipinski definition) is 5. The lowest BCUT2D eigenvalue weighted by molar-refractivity contribution is -0.118. The predicted octanol–water partition coefficient (Wildman–Crippen LogP) is 3.57. The number of nitrogens with one attached hydrogen (secondary N) is 1. The van der Waals surface area contributed by atoms with Gasteiger partial charge in [-0.1, -0.05) is 22.9 Å². The van der Waals surface area contributed by atoms with E-state index in [0.29, 0.717) is 41.0 Å². The molecule has 0 aromatic heterocycles. The van der Waals surface area contributed by atoms with E-state index >= 15 is 0 Å². The molecule has 150 valence electrons. The van der Waals surface area contributed by atoms with Crippen LogP contribution in [-0.4, -0.2) is 35.1 Å². The molecule has 0 unspecified atom stereocenters. The van der Waals surface area contributed by atoms with Crippen LogP contribution in [0.5, 0.6) is 11.5 Å². The average molecular weight is 469 g/mol. The number of amides is 1. The third-order valence-electron chi connectivity index (χ3n) is 4.54. The third kappa shape index (κ3) is 3.81. The van der Waals surface area contributed by atoms with Crippen LogP contribution in [0.1, 0.15) is 18.9 Å². The molecule has 0 atom stereocenters. The fraction of sp³-hybridized carbons (Fsp3) is 0.316. The van der Waals surface area contributed by atoms with Crippen molar-refractivity contribution in [3.63, 3.8) is 0 Å². The van der Waals surface area contributed by atoms with Crippen molar-refractivity contribution < 1.29 is 22.7 Å². The van der Waals surface area contributed by atoms with Crippen LogP contribution in [0.3, 0.4) is 0 Å². The van der Waals surface area contributed by atoms with Gasteiger partial charge in [0.1, 0.15) is 16.4 Å². The molecular weight excluding hydrogens is 448 g/mol. The van der Waals surface area contributed by atoms with Crippen molar-refractivity contribution in [3.05, 3.63) is 40.4 Å². The number of sulfonamides is 1. The summed E-state index contributed by atoms with van der Waals surface area (Å²) in [4.78, 5) is 13.9. The second-order valence-corrected chi connectivity index (χ2v) is 8.80. The average Bonchev–Trinajstić information content (AvgIpc) is 3.09. The van der Waals surface area contributed by atoms with Gasteiger partial charge in [0.05, 0.1) is 25.6 Å². The maximum Gasteiger partial charge on any atom is 0.264 e. The molecular formula is C19H21BrN2O5S. The standard InChI is InChI=1S/C19H21BrN2O5S/c1-4-18(23)22-8-7-12-9-13(20)10-17(19(12)22)28(24,25)21-15-11-14(26-2)5-6-16(15)27-3/h5-6,9-11,21H,4,7-8H2,1-3H3. The second kappa shape index (κ2) is 8.00. The van der Waals surface area contributed by atoms with E-state index in [0.717, 1.165) is 5.56 Å². The number of rotatable bonds is 6. The molecule has 0 saturated carbocycles. The highest BCUT2D eigenvalue weighted by atomic mass is 79.9. The molecule has 1 N–H and O–H groups in total. The SMILES string of the molecule is CCC(=O)N1CCc2cc(Br)cc(S(=O)(=O)Nc3cc(OC)ccc3OC)c21. The fourth-order valence-electron chi connectivity index (χ4n) is 3.21. The highest BCUT2D eigenvalue weighted by Crippen LogP contribution is 2.39. The number of nitrogens with zero attached hydrogens (tertiary/aromatic N) is 1. The zero-order valence-corrected chi connectivity index (χ0v) is 18.2. The molecule has 3 rings (SSSR count). The van der Waals surface area contributed by atoms with Crippen molar-refractivity contribution in [2.75, 3.05) is 30.4 Å². The second-order valence-electron chi connectivity index (χ2n) is 6.23. The minimum atomic E-state index is -4.00. The van der Waals surface area contributed by atoms with Crippen LogP contribution in [0.15, 0.2) is 39.7 Å². The Morgan fingerprint density at radius 1 is 1.21 bits per heavy atom. The Bertz CT molecular complexity index is 1020. The van der Waals surface area contributed by atoms with Crippen LogP contribution in [0.2, 0.25) is 0 Å². The minimum absolute atomic E-state index is 0.0426. The van der Waals surface area contributed by atoms with Crippen LogP contribution >= 0.6 is 15.9 Å². The molecule has 0 bridgehead atoms. The Labute approximate surface area is 172 Å². The van der Waals surface area contributed by atoms with Gasteiger partial charge in [-0.3, -0.25) is 9.52 Å². The lowest BCUT2D eigenvalue weighted by atomic mass is 10.2. The summed E-state index contributed by atoms with van der Waals surface area (Å²) in [5.74, 6) is 0.731. The monoisotopic (exact) mass is 468 g/mol. The van der Waals surface area contributed by atoms with Gasteiger partial charge in [-0.25, -0.2) is 8.42 Å². The molecule has 9 heteroatoms. The summed E-state index contributed by atoms with van der Waals surface area (Å²) in [6.45, 7) is 2.22. The topological polar surface area (TPSA) is 84.9 Å². The van der Waals surface area contributed by atoms with Gasteiger partial charge in [0.25, 0.3) is 10.0 Å². The first-order chi connectivity index (χ1) is 13.3. The normalized spacial score (nSPS) is 13.2. The molecule has 0 aliphatic carbocycles. The molecule has 28 heavy (non-hydrogen) atoms. The first kappa shape index (κ1) is 20.5. The molecule has 1 aliphatic rings. The number of anilines is 2. The van der Waals surface area contributed by atoms with Gasteiger partial charge in [-0.15, -0.1) is 0 Å². The first-order valence-corrected chi connectivity index (χ1v) is 11.0. The molecule has 1 heterocycles. The minimum Gasteiger partial charge on any atom is -0.497 e. The van der Waals surface area contributed by atoms with Gasteiger partial charge in [0.15, 0.2) is 0 Å². The number of carbonyl (C=O) groups excluding carboxylic acids is 1. The Morgan fingerprint density at radius 2 is 1.96 bits per heavy atom. The van der Waals surface area contributed by atoms with Gasteiger partial charge in [-0.05, 0) is 36.2 Å². The highest BCUT2D eigenvalue weighted by molar-refractivity contribution is 9.10. The first-order valence-electron chi connectivity index (χ1n) is 8.68. The summed E-state index contributed by atoms with van der Waals surface area (Å²) in [5, 5.41) is 0. The van der Waals surface area contributed by atoms with E-state index < -0.39 is 10.0 Å². The van der Waals surface area contributed by atoms with Crippen LogP contribution < -0.4 is 19.1 Å². The van der Waals surface area contributed by atoms with Gasteiger partial charge in [-0.2, -0.15) is 0 Å². The molecule has 7 nitrogen and oxygen atoms in total. The van der Waals surface area contributed by atoms with Crippen LogP contribution in [0.25, 0.3) is 0 Å². The summed E-state index contributed by atoms with van der Waals surface area (Å²) in [7, 11) is -1.05. The number of methoxy groups -OCH3 is 2. The van der Waals surface area contributed by atoms with Crippen molar-refractivity contribution in [2.45, 2.75) is 24.7 Å². The van der Waals surface area contributed by atoms with Crippen molar-refractivity contribution in [1.82, 2.24) is 0 Å². The van der Waals surface area contributed by atoms with E-state index in [1.165, 1.54) is 20.3 Å². The largest absolute Gasteiger partial charge is 0.497 e. The summed E-state index contributed by atoms with van der Waals surface area (Å²) in [6.07, 6.45) is 0.900. The van der Waals surface area contributed by atoms with Crippen molar-refractivity contribution in [1.29, 1.82) is 0 Å². The lowest BCUT2D eigenvalue weighted by Crippen LogP contribution is -2.29. The zero-order chi connectivity index (χ0) is 20.5.